The molecule has 13 heavy (non-hydrogen) atoms. The summed E-state index contributed by atoms with van der Waals surface area (Å²) in [4.78, 5) is 21.4. The first-order valence-electron chi connectivity index (χ1n) is 4.21. The zero-order valence-electron chi connectivity index (χ0n) is 7.12. The van der Waals surface area contributed by atoms with Gasteiger partial charge in [0.25, 0.3) is 0 Å². The van der Waals surface area contributed by atoms with Crippen LogP contribution in [0.3, 0.4) is 0 Å². The molecule has 1 aliphatic rings. The van der Waals surface area contributed by atoms with Gasteiger partial charge < -0.3 is 10.4 Å². The average Bonchev–Trinajstić information content (AvgIpc) is 1.95. The largest absolute Gasteiger partial charge is 0.481 e. The van der Waals surface area contributed by atoms with Gasteiger partial charge in [-0.1, -0.05) is 0 Å². The number of carboxylic acids is 1. The number of carbonyl (C=O) groups is 2. The van der Waals surface area contributed by atoms with Crippen LogP contribution >= 0.6 is 11.6 Å². The molecule has 0 atom stereocenters. The van der Waals surface area contributed by atoms with Crippen LogP contribution in [0, 0.1) is 5.92 Å². The molecule has 4 nitrogen and oxygen atoms in total. The van der Waals surface area contributed by atoms with Crippen molar-refractivity contribution < 1.29 is 14.7 Å². The van der Waals surface area contributed by atoms with Crippen molar-refractivity contribution in [3.05, 3.63) is 0 Å². The molecule has 0 unspecified atom stereocenters. The van der Waals surface area contributed by atoms with Crippen molar-refractivity contribution in [2.45, 2.75) is 25.3 Å². The molecule has 5 heteroatoms. The number of hydrogen-bond donors (Lipinski definition) is 2. The van der Waals surface area contributed by atoms with Gasteiger partial charge in [-0.25, -0.2) is 0 Å². The molecule has 1 amide bonds. The summed E-state index contributed by atoms with van der Waals surface area (Å²) in [6, 6.07) is 0.0387. The van der Waals surface area contributed by atoms with E-state index in [9.17, 15) is 9.59 Å². The predicted octanol–water partition coefficient (Wildman–Crippen LogP) is 0.595. The van der Waals surface area contributed by atoms with Crippen LogP contribution in [0.4, 0.5) is 0 Å². The summed E-state index contributed by atoms with van der Waals surface area (Å²) >= 11 is 5.37. The Bertz CT molecular complexity index is 213. The number of amides is 1. The van der Waals surface area contributed by atoms with E-state index in [-0.39, 0.29) is 17.9 Å². The highest BCUT2D eigenvalue weighted by Gasteiger charge is 2.34. The molecule has 1 rings (SSSR count). The molecule has 0 aromatic heterocycles. The van der Waals surface area contributed by atoms with Crippen LogP contribution in [-0.4, -0.2) is 28.9 Å². The molecular formula is C8H12ClNO3. The summed E-state index contributed by atoms with van der Waals surface area (Å²) in [6.45, 7) is 0. The fraction of sp³-hybridized carbons (Fsp3) is 0.750. The van der Waals surface area contributed by atoms with Gasteiger partial charge in [-0.2, -0.15) is 0 Å². The van der Waals surface area contributed by atoms with E-state index in [1.165, 1.54) is 0 Å². The van der Waals surface area contributed by atoms with E-state index < -0.39 is 5.97 Å². The Morgan fingerprint density at radius 2 is 2.08 bits per heavy atom. The summed E-state index contributed by atoms with van der Waals surface area (Å²) in [5.74, 6) is -0.839. The Balaban J connectivity index is 2.14. The first-order chi connectivity index (χ1) is 6.13. The maximum atomic E-state index is 11.0. The topological polar surface area (TPSA) is 66.4 Å². The Morgan fingerprint density at radius 3 is 2.54 bits per heavy atom. The minimum Gasteiger partial charge on any atom is -0.481 e. The molecule has 1 fully saturated rings. The van der Waals surface area contributed by atoms with E-state index in [1.807, 2.05) is 0 Å². The van der Waals surface area contributed by atoms with Gasteiger partial charge in [0.1, 0.15) is 0 Å². The molecule has 1 saturated carbocycles. The van der Waals surface area contributed by atoms with Crippen molar-refractivity contribution in [1.29, 1.82) is 0 Å². The van der Waals surface area contributed by atoms with Crippen LogP contribution in [-0.2, 0) is 9.59 Å². The fourth-order valence-electron chi connectivity index (χ4n) is 1.32. The number of rotatable bonds is 4. The van der Waals surface area contributed by atoms with Crippen molar-refractivity contribution >= 4 is 23.5 Å². The van der Waals surface area contributed by atoms with E-state index in [0.717, 1.165) is 0 Å². The minimum atomic E-state index is -0.775. The summed E-state index contributed by atoms with van der Waals surface area (Å²) in [6.07, 6.45) is 1.39. The standard InChI is InChI=1S/C8H12ClNO3/c9-2-1-7(11)10-6-3-5(4-6)8(12)13/h5-6H,1-4H2,(H,10,11)(H,12,13). The van der Waals surface area contributed by atoms with Crippen LogP contribution in [0.5, 0.6) is 0 Å². The lowest BCUT2D eigenvalue weighted by molar-refractivity contribution is -0.146. The summed E-state index contributed by atoms with van der Waals surface area (Å²) in [5.41, 5.74) is 0. The molecule has 0 heterocycles. The lowest BCUT2D eigenvalue weighted by Gasteiger charge is -2.32. The van der Waals surface area contributed by atoms with Crippen LogP contribution in [0.25, 0.3) is 0 Å². The van der Waals surface area contributed by atoms with Crippen LogP contribution in [0.1, 0.15) is 19.3 Å². The number of nitrogens with one attached hydrogen (secondary N) is 1. The van der Waals surface area contributed by atoms with Crippen molar-refractivity contribution in [2.24, 2.45) is 5.92 Å². The van der Waals surface area contributed by atoms with E-state index in [4.69, 9.17) is 16.7 Å². The number of aliphatic carboxylic acids is 1. The zero-order valence-corrected chi connectivity index (χ0v) is 7.88. The summed E-state index contributed by atoms with van der Waals surface area (Å²) in [7, 11) is 0. The van der Waals surface area contributed by atoms with E-state index in [0.29, 0.717) is 25.1 Å². The molecule has 0 bridgehead atoms. The van der Waals surface area contributed by atoms with Gasteiger partial charge in [0.2, 0.25) is 5.91 Å². The van der Waals surface area contributed by atoms with Crippen LogP contribution in [0.2, 0.25) is 0 Å². The number of carbonyl (C=O) groups excluding carboxylic acids is 1. The summed E-state index contributed by atoms with van der Waals surface area (Å²) < 4.78 is 0. The number of alkyl halides is 1. The van der Waals surface area contributed by atoms with Crippen molar-refractivity contribution in [2.75, 3.05) is 5.88 Å². The molecule has 0 saturated heterocycles. The fourth-order valence-corrected chi connectivity index (χ4v) is 1.49. The molecule has 0 spiro atoms. The van der Waals surface area contributed by atoms with E-state index in [1.54, 1.807) is 0 Å². The van der Waals surface area contributed by atoms with Crippen molar-refractivity contribution in [1.82, 2.24) is 5.32 Å². The van der Waals surface area contributed by atoms with E-state index in [2.05, 4.69) is 5.32 Å². The second kappa shape index (κ2) is 4.46. The molecule has 0 radical (unpaired) electrons. The third kappa shape index (κ3) is 2.88. The molecule has 2 N–H and O–H groups in total. The van der Waals surface area contributed by atoms with Gasteiger partial charge in [-0.3, -0.25) is 9.59 Å². The second-order valence-corrected chi connectivity index (χ2v) is 3.59. The van der Waals surface area contributed by atoms with Gasteiger partial charge >= 0.3 is 5.97 Å². The normalized spacial score (nSPS) is 26.2. The van der Waals surface area contributed by atoms with Crippen molar-refractivity contribution in [3.63, 3.8) is 0 Å². The van der Waals surface area contributed by atoms with Crippen LogP contribution < -0.4 is 5.32 Å². The highest BCUT2D eigenvalue weighted by atomic mass is 35.5. The number of carboxylic acid groups (broad SMARTS) is 1. The summed E-state index contributed by atoms with van der Waals surface area (Å²) in [5, 5.41) is 11.3. The molecule has 0 aliphatic heterocycles. The number of hydrogen-bond acceptors (Lipinski definition) is 2. The lowest BCUT2D eigenvalue weighted by atomic mass is 9.80. The van der Waals surface area contributed by atoms with Gasteiger partial charge in [0, 0.05) is 18.3 Å². The first kappa shape index (κ1) is 10.3. The minimum absolute atomic E-state index is 0.0387. The smallest absolute Gasteiger partial charge is 0.306 e. The van der Waals surface area contributed by atoms with Crippen molar-refractivity contribution in [3.8, 4) is 0 Å². The highest BCUT2D eigenvalue weighted by Crippen LogP contribution is 2.27. The van der Waals surface area contributed by atoms with Crippen LogP contribution in [0.15, 0.2) is 0 Å². The van der Waals surface area contributed by atoms with Gasteiger partial charge in [0.05, 0.1) is 5.92 Å². The zero-order chi connectivity index (χ0) is 9.84. The van der Waals surface area contributed by atoms with Gasteiger partial charge in [0.15, 0.2) is 0 Å². The maximum absolute atomic E-state index is 11.0. The molecular weight excluding hydrogens is 194 g/mol. The highest BCUT2D eigenvalue weighted by molar-refractivity contribution is 6.18. The molecule has 0 aromatic rings. The van der Waals surface area contributed by atoms with Gasteiger partial charge in [-0.15, -0.1) is 11.6 Å². The van der Waals surface area contributed by atoms with E-state index >= 15 is 0 Å². The average molecular weight is 206 g/mol. The maximum Gasteiger partial charge on any atom is 0.306 e. The lowest BCUT2D eigenvalue weighted by Crippen LogP contribution is -2.46. The molecule has 1 aliphatic carbocycles. The Hall–Kier alpha value is -0.770. The Labute approximate surface area is 81.3 Å². The number of halogens is 1. The second-order valence-electron chi connectivity index (χ2n) is 3.21. The molecule has 74 valence electrons. The Morgan fingerprint density at radius 1 is 1.46 bits per heavy atom. The molecule has 0 aromatic carbocycles. The SMILES string of the molecule is O=C(CCCl)NC1CC(C(=O)O)C1. The monoisotopic (exact) mass is 205 g/mol. The first-order valence-corrected chi connectivity index (χ1v) is 4.75. The third-order valence-corrected chi connectivity index (χ3v) is 2.36. The van der Waals surface area contributed by atoms with Gasteiger partial charge in [-0.05, 0) is 12.8 Å². The third-order valence-electron chi connectivity index (χ3n) is 2.17. The quantitative estimate of drug-likeness (QED) is 0.661. The Kier molecular flexibility index (Phi) is 3.54. The predicted molar refractivity (Wildman–Crippen MR) is 47.6 cm³/mol.